The standard InChI is InChI=1S/C19H15N/c1-2-3-4-16-5-7-17(8-6-16)9-10-18-11-13-19(15-20)14-12-18/h3-8,11-14H,2H2,1H3. The second-order valence-corrected chi connectivity index (χ2v) is 4.37. The minimum atomic E-state index is 0.655. The Morgan fingerprint density at radius 2 is 1.35 bits per heavy atom. The number of nitrogens with zero attached hydrogens (tertiary/aromatic N) is 1. The molecule has 0 heterocycles. The Bertz CT molecular complexity index is 687. The van der Waals surface area contributed by atoms with Gasteiger partial charge in [0, 0.05) is 11.1 Å². The van der Waals surface area contributed by atoms with Gasteiger partial charge >= 0.3 is 0 Å². The van der Waals surface area contributed by atoms with E-state index in [1.54, 1.807) is 12.1 Å². The Labute approximate surface area is 120 Å². The van der Waals surface area contributed by atoms with Crippen molar-refractivity contribution in [3.05, 3.63) is 76.9 Å². The van der Waals surface area contributed by atoms with Crippen LogP contribution >= 0.6 is 0 Å². The van der Waals surface area contributed by atoms with Gasteiger partial charge < -0.3 is 0 Å². The molecule has 0 unspecified atom stereocenters. The molecule has 20 heavy (non-hydrogen) atoms. The minimum absolute atomic E-state index is 0.655. The molecular formula is C19H15N. The molecule has 1 nitrogen and oxygen atoms in total. The molecule has 96 valence electrons. The van der Waals surface area contributed by atoms with Gasteiger partial charge in [-0.3, -0.25) is 0 Å². The molecule has 2 rings (SSSR count). The first-order valence-corrected chi connectivity index (χ1v) is 6.60. The fourth-order valence-electron chi connectivity index (χ4n) is 1.70. The van der Waals surface area contributed by atoms with Gasteiger partial charge in [0.1, 0.15) is 0 Å². The number of hydrogen-bond acceptors (Lipinski definition) is 1. The maximum absolute atomic E-state index is 8.73. The highest BCUT2D eigenvalue weighted by atomic mass is 14.2. The van der Waals surface area contributed by atoms with Gasteiger partial charge in [-0.15, -0.1) is 0 Å². The van der Waals surface area contributed by atoms with Gasteiger partial charge in [-0.1, -0.05) is 43.0 Å². The summed E-state index contributed by atoms with van der Waals surface area (Å²) in [6.45, 7) is 2.12. The van der Waals surface area contributed by atoms with Gasteiger partial charge in [-0.2, -0.15) is 5.26 Å². The van der Waals surface area contributed by atoms with Gasteiger partial charge in [0.05, 0.1) is 11.6 Å². The summed E-state index contributed by atoms with van der Waals surface area (Å²) in [7, 11) is 0. The summed E-state index contributed by atoms with van der Waals surface area (Å²) in [6, 6.07) is 17.6. The van der Waals surface area contributed by atoms with E-state index in [-0.39, 0.29) is 0 Å². The molecule has 0 spiro atoms. The molecule has 0 aliphatic rings. The Hall–Kier alpha value is -2.77. The molecule has 0 atom stereocenters. The lowest BCUT2D eigenvalue weighted by molar-refractivity contribution is 1.23. The SMILES string of the molecule is CCC=Cc1ccc(C#Cc2ccc(C#N)cc2)cc1. The van der Waals surface area contributed by atoms with Crippen LogP contribution in [0.15, 0.2) is 54.6 Å². The van der Waals surface area contributed by atoms with Gasteiger partial charge in [0.15, 0.2) is 0 Å². The Morgan fingerprint density at radius 3 is 1.85 bits per heavy atom. The van der Waals surface area contributed by atoms with Crippen molar-refractivity contribution in [3.8, 4) is 17.9 Å². The highest BCUT2D eigenvalue weighted by Gasteiger charge is 1.91. The zero-order chi connectivity index (χ0) is 14.2. The lowest BCUT2D eigenvalue weighted by Gasteiger charge is -1.94. The van der Waals surface area contributed by atoms with E-state index in [2.05, 4.69) is 49.1 Å². The van der Waals surface area contributed by atoms with Crippen LogP contribution < -0.4 is 0 Å². The summed E-state index contributed by atoms with van der Waals surface area (Å²) < 4.78 is 0. The Morgan fingerprint density at radius 1 is 0.850 bits per heavy atom. The van der Waals surface area contributed by atoms with Crippen molar-refractivity contribution in [2.75, 3.05) is 0 Å². The van der Waals surface area contributed by atoms with Crippen LogP contribution in [0.1, 0.15) is 35.6 Å². The Kier molecular flexibility index (Phi) is 4.76. The molecule has 1 heteroatoms. The summed E-state index contributed by atoms with van der Waals surface area (Å²) in [5.41, 5.74) is 3.75. The first-order valence-electron chi connectivity index (χ1n) is 6.60. The molecule has 0 fully saturated rings. The normalized spacial score (nSPS) is 9.80. The van der Waals surface area contributed by atoms with Gasteiger partial charge in [-0.05, 0) is 48.4 Å². The topological polar surface area (TPSA) is 23.8 Å². The van der Waals surface area contributed by atoms with Gasteiger partial charge in [-0.25, -0.2) is 0 Å². The average Bonchev–Trinajstić information content (AvgIpc) is 2.52. The van der Waals surface area contributed by atoms with Crippen LogP contribution in [0.2, 0.25) is 0 Å². The fourth-order valence-corrected chi connectivity index (χ4v) is 1.70. The van der Waals surface area contributed by atoms with Crippen LogP contribution in [0.5, 0.6) is 0 Å². The molecular weight excluding hydrogens is 242 g/mol. The van der Waals surface area contributed by atoms with Crippen molar-refractivity contribution in [1.82, 2.24) is 0 Å². The largest absolute Gasteiger partial charge is 0.192 e. The summed E-state index contributed by atoms with van der Waals surface area (Å²) in [4.78, 5) is 0. The van der Waals surface area contributed by atoms with Gasteiger partial charge in [0.2, 0.25) is 0 Å². The summed E-state index contributed by atoms with van der Waals surface area (Å²) in [6.07, 6.45) is 5.29. The van der Waals surface area contributed by atoms with E-state index in [1.165, 1.54) is 5.56 Å². The monoisotopic (exact) mass is 257 g/mol. The van der Waals surface area contributed by atoms with Crippen molar-refractivity contribution in [2.45, 2.75) is 13.3 Å². The second-order valence-electron chi connectivity index (χ2n) is 4.37. The molecule has 0 aromatic heterocycles. The van der Waals surface area contributed by atoms with Crippen molar-refractivity contribution >= 4 is 6.08 Å². The van der Waals surface area contributed by atoms with Crippen LogP contribution in [0.3, 0.4) is 0 Å². The van der Waals surface area contributed by atoms with E-state index < -0.39 is 0 Å². The maximum atomic E-state index is 8.73. The zero-order valence-electron chi connectivity index (χ0n) is 11.4. The van der Waals surface area contributed by atoms with E-state index in [9.17, 15) is 0 Å². The second kappa shape index (κ2) is 6.98. The van der Waals surface area contributed by atoms with E-state index >= 15 is 0 Å². The minimum Gasteiger partial charge on any atom is -0.192 e. The molecule has 0 amide bonds. The predicted octanol–water partition coefficient (Wildman–Crippen LogP) is 4.38. The van der Waals surface area contributed by atoms with Crippen LogP contribution in [-0.2, 0) is 0 Å². The van der Waals surface area contributed by atoms with Crippen LogP contribution in [-0.4, -0.2) is 0 Å². The fraction of sp³-hybridized carbons (Fsp3) is 0.105. The summed E-state index contributed by atoms with van der Waals surface area (Å²) in [5, 5.41) is 8.73. The maximum Gasteiger partial charge on any atom is 0.0991 e. The lowest BCUT2D eigenvalue weighted by Crippen LogP contribution is -1.78. The Balaban J connectivity index is 2.12. The van der Waals surface area contributed by atoms with Crippen molar-refractivity contribution in [3.63, 3.8) is 0 Å². The van der Waals surface area contributed by atoms with Crippen molar-refractivity contribution in [1.29, 1.82) is 5.26 Å². The number of hydrogen-bond donors (Lipinski definition) is 0. The highest BCUT2D eigenvalue weighted by Crippen LogP contribution is 2.07. The molecule has 0 bridgehead atoms. The number of benzene rings is 2. The molecule has 0 radical (unpaired) electrons. The van der Waals surface area contributed by atoms with E-state index in [1.807, 2.05) is 24.3 Å². The highest BCUT2D eigenvalue weighted by molar-refractivity contribution is 5.52. The third-order valence-electron chi connectivity index (χ3n) is 2.82. The first-order chi connectivity index (χ1) is 9.81. The van der Waals surface area contributed by atoms with Gasteiger partial charge in [0.25, 0.3) is 0 Å². The predicted molar refractivity (Wildman–Crippen MR) is 82.9 cm³/mol. The molecule has 0 aliphatic heterocycles. The summed E-state index contributed by atoms with van der Waals surface area (Å²) >= 11 is 0. The molecule has 2 aromatic carbocycles. The molecule has 0 saturated heterocycles. The third-order valence-corrected chi connectivity index (χ3v) is 2.82. The lowest BCUT2D eigenvalue weighted by atomic mass is 10.1. The van der Waals surface area contributed by atoms with E-state index in [0.717, 1.165) is 17.5 Å². The number of rotatable bonds is 2. The summed E-state index contributed by atoms with van der Waals surface area (Å²) in [5.74, 6) is 6.22. The van der Waals surface area contributed by atoms with Crippen molar-refractivity contribution in [2.24, 2.45) is 0 Å². The molecule has 0 N–H and O–H groups in total. The molecule has 0 saturated carbocycles. The smallest absolute Gasteiger partial charge is 0.0991 e. The quantitative estimate of drug-likeness (QED) is 0.732. The molecule has 0 aliphatic carbocycles. The van der Waals surface area contributed by atoms with Crippen molar-refractivity contribution < 1.29 is 0 Å². The third kappa shape index (κ3) is 3.87. The van der Waals surface area contributed by atoms with Crippen LogP contribution in [0.4, 0.5) is 0 Å². The number of nitriles is 1. The van der Waals surface area contributed by atoms with E-state index in [0.29, 0.717) is 5.56 Å². The average molecular weight is 257 g/mol. The molecule has 2 aromatic rings. The zero-order valence-corrected chi connectivity index (χ0v) is 11.4. The number of allylic oxidation sites excluding steroid dienone is 1. The first kappa shape index (κ1) is 13.7. The van der Waals surface area contributed by atoms with Crippen LogP contribution in [0, 0.1) is 23.2 Å². The van der Waals surface area contributed by atoms with Crippen LogP contribution in [0.25, 0.3) is 6.08 Å². The van der Waals surface area contributed by atoms with E-state index in [4.69, 9.17) is 5.26 Å².